The van der Waals surface area contributed by atoms with Crippen LogP contribution in [0.2, 0.25) is 0 Å². The van der Waals surface area contributed by atoms with Crippen molar-refractivity contribution in [3.05, 3.63) is 47.8 Å². The highest BCUT2D eigenvalue weighted by molar-refractivity contribution is 7.93. The van der Waals surface area contributed by atoms with E-state index in [9.17, 15) is 17.2 Å². The van der Waals surface area contributed by atoms with Crippen molar-refractivity contribution in [3.63, 3.8) is 0 Å². The number of benzene rings is 1. The first-order valence-corrected chi connectivity index (χ1v) is 9.20. The number of aromatic amines is 1. The molecular formula is C16H13F2N5O2S. The predicted molar refractivity (Wildman–Crippen MR) is 91.2 cm³/mol. The van der Waals surface area contributed by atoms with Crippen molar-refractivity contribution in [2.24, 2.45) is 0 Å². The molecule has 10 heteroatoms. The minimum atomic E-state index is -3.97. The summed E-state index contributed by atoms with van der Waals surface area (Å²) in [4.78, 5) is 4.02. The SMILES string of the molecule is CCCS(=O)(=O)N(c1cnc2n[nH]c(C#N)c2c1)c1ccc(F)cc1F. The molecule has 0 amide bonds. The number of rotatable bonds is 5. The molecule has 0 aliphatic heterocycles. The van der Waals surface area contributed by atoms with Gasteiger partial charge in [-0.15, -0.1) is 0 Å². The van der Waals surface area contributed by atoms with Crippen molar-refractivity contribution in [1.29, 1.82) is 5.26 Å². The second kappa shape index (κ2) is 6.68. The van der Waals surface area contributed by atoms with Crippen LogP contribution in [0.15, 0.2) is 30.5 Å². The molecule has 0 fully saturated rings. The fourth-order valence-corrected chi connectivity index (χ4v) is 4.10. The number of nitrogens with zero attached hydrogens (tertiary/aromatic N) is 4. The Morgan fingerprint density at radius 2 is 2.08 bits per heavy atom. The molecule has 1 N–H and O–H groups in total. The summed E-state index contributed by atoms with van der Waals surface area (Å²) in [6.45, 7) is 1.67. The highest BCUT2D eigenvalue weighted by Gasteiger charge is 2.27. The average molecular weight is 377 g/mol. The molecule has 3 aromatic rings. The van der Waals surface area contributed by atoms with Gasteiger partial charge in [0.1, 0.15) is 17.6 Å². The third-order valence-corrected chi connectivity index (χ3v) is 5.50. The molecule has 2 aromatic heterocycles. The van der Waals surface area contributed by atoms with Crippen molar-refractivity contribution in [3.8, 4) is 6.07 Å². The van der Waals surface area contributed by atoms with Crippen LogP contribution in [-0.4, -0.2) is 29.4 Å². The first-order chi connectivity index (χ1) is 12.4. The van der Waals surface area contributed by atoms with Gasteiger partial charge in [0, 0.05) is 6.07 Å². The maximum absolute atomic E-state index is 14.3. The van der Waals surface area contributed by atoms with Gasteiger partial charge in [-0.3, -0.25) is 5.10 Å². The average Bonchev–Trinajstić information content (AvgIpc) is 2.99. The van der Waals surface area contributed by atoms with E-state index in [0.29, 0.717) is 17.9 Å². The normalized spacial score (nSPS) is 11.5. The standard InChI is InChI=1S/C16H13F2N5O2S/c1-2-5-26(24,25)23(15-4-3-10(17)6-13(15)18)11-7-12-14(8-19)21-22-16(12)20-9-11/h3-4,6-7,9H,2,5H2,1H3,(H,20,21,22). The molecule has 0 spiro atoms. The van der Waals surface area contributed by atoms with Gasteiger partial charge in [0.05, 0.1) is 28.7 Å². The van der Waals surface area contributed by atoms with Gasteiger partial charge in [0.2, 0.25) is 10.0 Å². The number of halogens is 2. The number of anilines is 2. The molecule has 0 bridgehead atoms. The van der Waals surface area contributed by atoms with Crippen LogP contribution < -0.4 is 4.31 Å². The Morgan fingerprint density at radius 1 is 1.31 bits per heavy atom. The molecule has 0 aliphatic carbocycles. The third-order valence-electron chi connectivity index (χ3n) is 3.61. The predicted octanol–water partition coefficient (Wildman–Crippen LogP) is 2.99. The lowest BCUT2D eigenvalue weighted by Gasteiger charge is -2.24. The zero-order chi connectivity index (χ0) is 18.9. The van der Waals surface area contributed by atoms with Gasteiger partial charge < -0.3 is 0 Å². The van der Waals surface area contributed by atoms with E-state index in [1.165, 1.54) is 12.3 Å². The molecule has 0 aliphatic rings. The molecule has 7 nitrogen and oxygen atoms in total. The van der Waals surface area contributed by atoms with Crippen LogP contribution in [0.4, 0.5) is 20.2 Å². The molecule has 2 heterocycles. The Hall–Kier alpha value is -3.06. The van der Waals surface area contributed by atoms with E-state index < -0.39 is 21.7 Å². The highest BCUT2D eigenvalue weighted by Crippen LogP contribution is 2.33. The van der Waals surface area contributed by atoms with E-state index in [4.69, 9.17) is 5.26 Å². The zero-order valence-electron chi connectivity index (χ0n) is 13.6. The minimum absolute atomic E-state index is 0.0226. The Labute approximate surface area is 147 Å². The van der Waals surface area contributed by atoms with Gasteiger partial charge in [0.15, 0.2) is 11.5 Å². The lowest BCUT2D eigenvalue weighted by atomic mass is 10.2. The van der Waals surface area contributed by atoms with Gasteiger partial charge in [-0.2, -0.15) is 10.4 Å². The van der Waals surface area contributed by atoms with Crippen LogP contribution in [0.5, 0.6) is 0 Å². The van der Waals surface area contributed by atoms with Crippen molar-refractivity contribution in [2.45, 2.75) is 13.3 Å². The minimum Gasteiger partial charge on any atom is -0.265 e. The number of pyridine rings is 1. The smallest absolute Gasteiger partial charge is 0.239 e. The second-order valence-corrected chi connectivity index (χ2v) is 7.39. The zero-order valence-corrected chi connectivity index (χ0v) is 14.4. The number of nitriles is 1. The first kappa shape index (κ1) is 17.8. The molecule has 0 unspecified atom stereocenters. The largest absolute Gasteiger partial charge is 0.265 e. The maximum Gasteiger partial charge on any atom is 0.239 e. The molecule has 0 atom stereocenters. The van der Waals surface area contributed by atoms with Gasteiger partial charge in [-0.05, 0) is 24.6 Å². The summed E-state index contributed by atoms with van der Waals surface area (Å²) < 4.78 is 53.8. The fourth-order valence-electron chi connectivity index (χ4n) is 2.53. The summed E-state index contributed by atoms with van der Waals surface area (Å²) in [5.41, 5.74) is 0.0110. The number of fused-ring (bicyclic) bond motifs is 1. The number of nitrogens with one attached hydrogen (secondary N) is 1. The van der Waals surface area contributed by atoms with Crippen LogP contribution in [0.3, 0.4) is 0 Å². The topological polar surface area (TPSA) is 103 Å². The summed E-state index contributed by atoms with van der Waals surface area (Å²) in [7, 11) is -3.97. The van der Waals surface area contributed by atoms with Gasteiger partial charge in [-0.1, -0.05) is 6.92 Å². The van der Waals surface area contributed by atoms with Gasteiger partial charge in [-0.25, -0.2) is 26.5 Å². The molecule has 0 saturated carbocycles. The van der Waals surface area contributed by atoms with Crippen LogP contribution in [0, 0.1) is 23.0 Å². The Morgan fingerprint density at radius 3 is 2.73 bits per heavy atom. The van der Waals surface area contributed by atoms with Gasteiger partial charge in [0.25, 0.3) is 0 Å². The lowest BCUT2D eigenvalue weighted by Crippen LogP contribution is -2.29. The van der Waals surface area contributed by atoms with Crippen molar-refractivity contribution < 1.29 is 17.2 Å². The Balaban J connectivity index is 2.26. The number of sulfonamides is 1. The second-order valence-electron chi connectivity index (χ2n) is 5.45. The highest BCUT2D eigenvalue weighted by atomic mass is 32.2. The molecule has 0 saturated heterocycles. The van der Waals surface area contributed by atoms with E-state index in [1.807, 2.05) is 6.07 Å². The van der Waals surface area contributed by atoms with E-state index >= 15 is 0 Å². The summed E-state index contributed by atoms with van der Waals surface area (Å²) in [5.74, 6) is -2.11. The van der Waals surface area contributed by atoms with Crippen LogP contribution in [0.25, 0.3) is 11.0 Å². The van der Waals surface area contributed by atoms with Crippen molar-refractivity contribution in [2.75, 3.05) is 10.1 Å². The van der Waals surface area contributed by atoms with Gasteiger partial charge >= 0.3 is 0 Å². The summed E-state index contributed by atoms with van der Waals surface area (Å²) >= 11 is 0. The summed E-state index contributed by atoms with van der Waals surface area (Å²) in [6.07, 6.45) is 1.51. The maximum atomic E-state index is 14.3. The number of aromatic nitrogens is 3. The number of hydrogen-bond donors (Lipinski definition) is 1. The third kappa shape index (κ3) is 3.09. The quantitative estimate of drug-likeness (QED) is 0.736. The van der Waals surface area contributed by atoms with E-state index in [1.54, 1.807) is 6.92 Å². The monoisotopic (exact) mass is 377 g/mol. The lowest BCUT2D eigenvalue weighted by molar-refractivity contribution is 0.578. The summed E-state index contributed by atoms with van der Waals surface area (Å²) in [6, 6.07) is 5.88. The fraction of sp³-hybridized carbons (Fsp3) is 0.188. The van der Waals surface area contributed by atoms with E-state index in [2.05, 4.69) is 15.2 Å². The molecule has 3 rings (SSSR count). The Bertz CT molecular complexity index is 1120. The van der Waals surface area contributed by atoms with E-state index in [0.717, 1.165) is 16.4 Å². The first-order valence-electron chi connectivity index (χ1n) is 7.59. The Kier molecular flexibility index (Phi) is 4.56. The van der Waals surface area contributed by atoms with Crippen LogP contribution >= 0.6 is 0 Å². The van der Waals surface area contributed by atoms with E-state index in [-0.39, 0.29) is 28.5 Å². The molecular weight excluding hydrogens is 364 g/mol. The van der Waals surface area contributed by atoms with Crippen molar-refractivity contribution in [1.82, 2.24) is 15.2 Å². The molecule has 0 radical (unpaired) electrons. The number of hydrogen-bond acceptors (Lipinski definition) is 5. The molecule has 1 aromatic carbocycles. The van der Waals surface area contributed by atoms with Crippen molar-refractivity contribution >= 4 is 32.4 Å². The molecule has 26 heavy (non-hydrogen) atoms. The van der Waals surface area contributed by atoms with Crippen LogP contribution in [-0.2, 0) is 10.0 Å². The number of H-pyrrole nitrogens is 1. The summed E-state index contributed by atoms with van der Waals surface area (Å²) in [5, 5.41) is 15.7. The molecule has 134 valence electrons. The van der Waals surface area contributed by atoms with Crippen LogP contribution in [0.1, 0.15) is 19.0 Å².